The highest BCUT2D eigenvalue weighted by Gasteiger charge is 2.24. The highest BCUT2D eigenvalue weighted by Crippen LogP contribution is 2.35. The Morgan fingerprint density at radius 1 is 1.53 bits per heavy atom. The van der Waals surface area contributed by atoms with E-state index in [4.69, 9.17) is 10.5 Å². The van der Waals surface area contributed by atoms with Crippen molar-refractivity contribution in [3.8, 4) is 5.75 Å². The molecule has 4 heteroatoms. The zero-order valence-electron chi connectivity index (χ0n) is 10.3. The maximum absolute atomic E-state index is 13.7. The fraction of sp³-hybridized carbons (Fsp3) is 0.538. The molecule has 1 unspecified atom stereocenters. The molecule has 0 aliphatic heterocycles. The maximum Gasteiger partial charge on any atom is 0.148 e. The van der Waals surface area contributed by atoms with Crippen LogP contribution >= 0.6 is 0 Å². The first-order valence-electron chi connectivity index (χ1n) is 5.99. The molecule has 0 amide bonds. The molecule has 3 N–H and O–H groups in total. The van der Waals surface area contributed by atoms with Gasteiger partial charge in [-0.1, -0.05) is 12.8 Å². The summed E-state index contributed by atoms with van der Waals surface area (Å²) in [6, 6.07) is 3.18. The molecule has 0 bridgehead atoms. The van der Waals surface area contributed by atoms with E-state index in [1.165, 1.54) is 26.0 Å². The lowest BCUT2D eigenvalue weighted by molar-refractivity contribution is 0.416. The van der Waals surface area contributed by atoms with Crippen molar-refractivity contribution < 1.29 is 9.13 Å². The molecule has 1 aliphatic carbocycles. The molecule has 1 atom stereocenters. The minimum absolute atomic E-state index is 0.269. The highest BCUT2D eigenvalue weighted by molar-refractivity contribution is 5.62. The molecular weight excluding hydrogens is 219 g/mol. The number of methoxy groups -OCH3 is 1. The molecule has 0 radical (unpaired) electrons. The highest BCUT2D eigenvalue weighted by atomic mass is 19.1. The smallest absolute Gasteiger partial charge is 0.148 e. The summed E-state index contributed by atoms with van der Waals surface area (Å²) in [4.78, 5) is 0. The Hall–Kier alpha value is -1.45. The number of hydrogen-bond acceptors (Lipinski definition) is 3. The molecule has 1 fully saturated rings. The van der Waals surface area contributed by atoms with E-state index in [1.807, 2.05) is 0 Å². The number of nitrogens with one attached hydrogen (secondary N) is 1. The Bertz CT molecular complexity index is 405. The van der Waals surface area contributed by atoms with Crippen molar-refractivity contribution in [2.24, 2.45) is 5.92 Å². The molecule has 0 heterocycles. The van der Waals surface area contributed by atoms with E-state index in [1.54, 1.807) is 6.07 Å². The summed E-state index contributed by atoms with van der Waals surface area (Å²) < 4.78 is 18.8. The number of halogens is 1. The lowest BCUT2D eigenvalue weighted by Gasteiger charge is -2.17. The number of ether oxygens (including phenoxy) is 1. The van der Waals surface area contributed by atoms with Gasteiger partial charge in [0.15, 0.2) is 0 Å². The van der Waals surface area contributed by atoms with E-state index in [2.05, 4.69) is 12.2 Å². The normalized spacial score (nSPS) is 16.6. The zero-order chi connectivity index (χ0) is 12.4. The van der Waals surface area contributed by atoms with Crippen molar-refractivity contribution in [3.63, 3.8) is 0 Å². The van der Waals surface area contributed by atoms with Crippen LogP contribution in [0, 0.1) is 11.7 Å². The quantitative estimate of drug-likeness (QED) is 0.775. The minimum Gasteiger partial charge on any atom is -0.495 e. The number of anilines is 2. The molecule has 17 heavy (non-hydrogen) atoms. The molecule has 0 spiro atoms. The maximum atomic E-state index is 13.7. The molecule has 1 aromatic carbocycles. The Balaban J connectivity index is 2.07. The van der Waals surface area contributed by atoms with Gasteiger partial charge in [-0.25, -0.2) is 4.39 Å². The van der Waals surface area contributed by atoms with Crippen molar-refractivity contribution in [2.75, 3.05) is 18.2 Å². The summed E-state index contributed by atoms with van der Waals surface area (Å²) >= 11 is 0. The fourth-order valence-corrected chi connectivity index (χ4v) is 2.03. The lowest BCUT2D eigenvalue weighted by atomic mass is 10.1. The van der Waals surface area contributed by atoms with E-state index in [9.17, 15) is 4.39 Å². The molecule has 0 aromatic heterocycles. The van der Waals surface area contributed by atoms with Crippen molar-refractivity contribution in [1.29, 1.82) is 0 Å². The Morgan fingerprint density at radius 2 is 2.24 bits per heavy atom. The monoisotopic (exact) mass is 238 g/mol. The molecular formula is C13H19FN2O. The largest absolute Gasteiger partial charge is 0.495 e. The average molecular weight is 238 g/mol. The van der Waals surface area contributed by atoms with Crippen LogP contribution in [0.4, 0.5) is 15.8 Å². The minimum atomic E-state index is -0.328. The number of rotatable bonds is 5. The van der Waals surface area contributed by atoms with Crippen LogP contribution < -0.4 is 15.8 Å². The third kappa shape index (κ3) is 3.02. The molecule has 94 valence electrons. The third-order valence-corrected chi connectivity index (χ3v) is 3.11. The number of nitrogens with two attached hydrogens (primary N) is 1. The summed E-state index contributed by atoms with van der Waals surface area (Å²) in [5, 5.41) is 3.17. The molecule has 1 aliphatic rings. The van der Waals surface area contributed by atoms with Crippen molar-refractivity contribution in [3.05, 3.63) is 17.9 Å². The van der Waals surface area contributed by atoms with Crippen molar-refractivity contribution in [2.45, 2.75) is 32.2 Å². The first-order valence-corrected chi connectivity index (χ1v) is 5.99. The van der Waals surface area contributed by atoms with Crippen LogP contribution in [0.25, 0.3) is 0 Å². The van der Waals surface area contributed by atoms with Crippen LogP contribution in [0.3, 0.4) is 0 Å². The molecule has 1 aromatic rings. The first-order chi connectivity index (χ1) is 8.10. The van der Waals surface area contributed by atoms with Crippen molar-refractivity contribution >= 4 is 11.4 Å². The number of nitrogen functional groups attached to an aromatic ring is 1. The predicted molar refractivity (Wildman–Crippen MR) is 67.8 cm³/mol. The average Bonchev–Trinajstić information content (AvgIpc) is 3.06. The second-order valence-electron chi connectivity index (χ2n) is 4.80. The van der Waals surface area contributed by atoms with E-state index in [0.717, 1.165) is 12.3 Å². The van der Waals surface area contributed by atoms with E-state index in [0.29, 0.717) is 17.1 Å². The van der Waals surface area contributed by atoms with Gasteiger partial charge >= 0.3 is 0 Å². The standard InChI is InChI=1S/C13H19FN2O/c1-8(5-9-3-4-9)16-12-7-13(17-2)11(15)6-10(12)14/h6-9,16H,3-5,15H2,1-2H3. The van der Waals surface area contributed by atoms with Gasteiger partial charge in [-0.3, -0.25) is 0 Å². The summed E-state index contributed by atoms with van der Waals surface area (Å²) in [6.45, 7) is 2.07. The SMILES string of the molecule is COc1cc(NC(C)CC2CC2)c(F)cc1N. The molecule has 3 nitrogen and oxygen atoms in total. The van der Waals surface area contributed by atoms with Crippen LogP contribution in [0.15, 0.2) is 12.1 Å². The summed E-state index contributed by atoms with van der Waals surface area (Å²) in [5.41, 5.74) is 6.42. The van der Waals surface area contributed by atoms with E-state index < -0.39 is 0 Å². The van der Waals surface area contributed by atoms with E-state index >= 15 is 0 Å². The Labute approximate surface area is 101 Å². The molecule has 2 rings (SSSR count). The van der Waals surface area contributed by atoms with Crippen LogP contribution in [-0.4, -0.2) is 13.2 Å². The summed E-state index contributed by atoms with van der Waals surface area (Å²) in [7, 11) is 1.53. The van der Waals surface area contributed by atoms with Gasteiger partial charge in [-0.15, -0.1) is 0 Å². The topological polar surface area (TPSA) is 47.3 Å². The van der Waals surface area contributed by atoms with Gasteiger partial charge in [0, 0.05) is 18.2 Å². The number of benzene rings is 1. The molecule has 1 saturated carbocycles. The second kappa shape index (κ2) is 4.82. The van der Waals surface area contributed by atoms with Gasteiger partial charge in [0.1, 0.15) is 11.6 Å². The van der Waals surface area contributed by atoms with Gasteiger partial charge in [0.05, 0.1) is 18.5 Å². The Morgan fingerprint density at radius 3 is 2.82 bits per heavy atom. The van der Waals surface area contributed by atoms with Crippen LogP contribution in [0.1, 0.15) is 26.2 Å². The van der Waals surface area contributed by atoms with Gasteiger partial charge in [0.25, 0.3) is 0 Å². The lowest BCUT2D eigenvalue weighted by Crippen LogP contribution is -2.16. The van der Waals surface area contributed by atoms with Gasteiger partial charge < -0.3 is 15.8 Å². The van der Waals surface area contributed by atoms with Crippen LogP contribution in [-0.2, 0) is 0 Å². The number of hydrogen-bond donors (Lipinski definition) is 2. The fourth-order valence-electron chi connectivity index (χ4n) is 2.03. The van der Waals surface area contributed by atoms with Crippen LogP contribution in [0.2, 0.25) is 0 Å². The van der Waals surface area contributed by atoms with Gasteiger partial charge in [-0.2, -0.15) is 0 Å². The van der Waals surface area contributed by atoms with Gasteiger partial charge in [0.2, 0.25) is 0 Å². The second-order valence-corrected chi connectivity index (χ2v) is 4.80. The summed E-state index contributed by atoms with van der Waals surface area (Å²) in [6.07, 6.45) is 3.70. The van der Waals surface area contributed by atoms with E-state index in [-0.39, 0.29) is 11.9 Å². The zero-order valence-corrected chi connectivity index (χ0v) is 10.3. The van der Waals surface area contributed by atoms with Gasteiger partial charge in [-0.05, 0) is 19.3 Å². The van der Waals surface area contributed by atoms with Crippen LogP contribution in [0.5, 0.6) is 5.75 Å². The first kappa shape index (κ1) is 12.0. The molecule has 0 saturated heterocycles. The Kier molecular flexibility index (Phi) is 3.41. The van der Waals surface area contributed by atoms with Crippen molar-refractivity contribution in [1.82, 2.24) is 0 Å². The third-order valence-electron chi connectivity index (χ3n) is 3.11. The predicted octanol–water partition coefficient (Wildman–Crippen LogP) is 3.02. The summed E-state index contributed by atoms with van der Waals surface area (Å²) in [5.74, 6) is 0.995.